The molecule has 4 aromatic rings. The summed E-state index contributed by atoms with van der Waals surface area (Å²) in [7, 11) is 0. The van der Waals surface area contributed by atoms with Gasteiger partial charge in [0.25, 0.3) is 5.91 Å². The minimum atomic E-state index is -0.597. The van der Waals surface area contributed by atoms with Crippen molar-refractivity contribution in [1.29, 1.82) is 0 Å². The van der Waals surface area contributed by atoms with Crippen LogP contribution in [0.4, 0.5) is 0 Å². The smallest absolute Gasteiger partial charge is 0.343 e. The van der Waals surface area contributed by atoms with Crippen molar-refractivity contribution in [1.82, 2.24) is 5.43 Å². The predicted molar refractivity (Wildman–Crippen MR) is 135 cm³/mol. The van der Waals surface area contributed by atoms with Crippen molar-refractivity contribution in [3.8, 4) is 11.5 Å². The lowest BCUT2D eigenvalue weighted by Gasteiger charge is -2.10. The fraction of sp³-hybridized carbons (Fsp3) is 0.0345. The number of carbonyl (C=O) groups excluding carboxylic acids is 3. The molecule has 0 fully saturated rings. The molecule has 0 aliphatic rings. The highest BCUT2D eigenvalue weighted by molar-refractivity contribution is 5.96. The van der Waals surface area contributed by atoms with Gasteiger partial charge < -0.3 is 9.47 Å². The fourth-order valence-electron chi connectivity index (χ4n) is 3.26. The third kappa shape index (κ3) is 6.30. The zero-order chi connectivity index (χ0) is 25.3. The molecule has 0 aliphatic heterocycles. The molecule has 0 bridgehead atoms. The Balaban J connectivity index is 1.56. The number of hydrazone groups is 1. The van der Waals surface area contributed by atoms with Crippen LogP contribution in [-0.2, 0) is 0 Å². The van der Waals surface area contributed by atoms with E-state index < -0.39 is 11.9 Å². The van der Waals surface area contributed by atoms with Crippen LogP contribution in [0.1, 0.15) is 42.2 Å². The third-order valence-electron chi connectivity index (χ3n) is 5.07. The normalized spacial score (nSPS) is 10.6. The summed E-state index contributed by atoms with van der Waals surface area (Å²) in [5.41, 5.74) is 4.99. The molecule has 4 rings (SSSR count). The SMILES string of the molecule is Cc1cccc(C(=O)N/N=C/c2ccc(OC(=O)c3ccccc3)cc2OC(=O)c2ccccc2)c1. The summed E-state index contributed by atoms with van der Waals surface area (Å²) in [6, 6.07) is 28.6. The van der Waals surface area contributed by atoms with Crippen LogP contribution in [-0.4, -0.2) is 24.1 Å². The summed E-state index contributed by atoms with van der Waals surface area (Å²) in [6.45, 7) is 1.89. The first-order chi connectivity index (χ1) is 17.5. The van der Waals surface area contributed by atoms with Crippen LogP contribution in [0.3, 0.4) is 0 Å². The summed E-state index contributed by atoms with van der Waals surface area (Å²) in [6.07, 6.45) is 1.35. The summed E-state index contributed by atoms with van der Waals surface area (Å²) in [4.78, 5) is 37.5. The number of hydrogen-bond donors (Lipinski definition) is 1. The van der Waals surface area contributed by atoms with Crippen LogP contribution in [0.5, 0.6) is 11.5 Å². The molecular weight excluding hydrogens is 456 g/mol. The second-order valence-electron chi connectivity index (χ2n) is 7.78. The van der Waals surface area contributed by atoms with Crippen LogP contribution in [0, 0.1) is 6.92 Å². The molecule has 0 radical (unpaired) electrons. The molecule has 1 N–H and O–H groups in total. The molecule has 4 aromatic carbocycles. The molecule has 0 spiro atoms. The monoisotopic (exact) mass is 478 g/mol. The average Bonchev–Trinajstić information content (AvgIpc) is 2.90. The maximum atomic E-state index is 12.7. The molecular formula is C29H22N2O5. The molecule has 1 amide bonds. The van der Waals surface area contributed by atoms with Crippen molar-refractivity contribution < 1.29 is 23.9 Å². The van der Waals surface area contributed by atoms with E-state index in [0.717, 1.165) is 5.56 Å². The van der Waals surface area contributed by atoms with Gasteiger partial charge in [0.1, 0.15) is 11.5 Å². The topological polar surface area (TPSA) is 94.1 Å². The average molecular weight is 479 g/mol. The van der Waals surface area contributed by atoms with Crippen molar-refractivity contribution in [3.63, 3.8) is 0 Å². The Bertz CT molecular complexity index is 1420. The number of esters is 2. The molecule has 0 aliphatic carbocycles. The van der Waals surface area contributed by atoms with Crippen molar-refractivity contribution >= 4 is 24.1 Å². The first kappa shape index (κ1) is 24.1. The lowest BCUT2D eigenvalue weighted by atomic mass is 10.1. The predicted octanol–water partition coefficient (Wildman–Crippen LogP) is 5.20. The van der Waals surface area contributed by atoms with Gasteiger partial charge in [0.15, 0.2) is 0 Å². The van der Waals surface area contributed by atoms with Gasteiger partial charge in [-0.25, -0.2) is 15.0 Å². The Kier molecular flexibility index (Phi) is 7.63. The number of amides is 1. The number of ether oxygens (including phenoxy) is 2. The number of nitrogens with one attached hydrogen (secondary N) is 1. The van der Waals surface area contributed by atoms with Crippen molar-refractivity contribution in [3.05, 3.63) is 131 Å². The van der Waals surface area contributed by atoms with Gasteiger partial charge in [0.05, 0.1) is 17.3 Å². The van der Waals surface area contributed by atoms with Gasteiger partial charge in [-0.2, -0.15) is 5.10 Å². The van der Waals surface area contributed by atoms with Gasteiger partial charge in [0.2, 0.25) is 0 Å². The van der Waals surface area contributed by atoms with Gasteiger partial charge in [-0.1, -0.05) is 54.1 Å². The summed E-state index contributed by atoms with van der Waals surface area (Å²) in [5.74, 6) is -1.24. The van der Waals surface area contributed by atoms with Crippen LogP contribution in [0.25, 0.3) is 0 Å². The number of aryl methyl sites for hydroxylation is 1. The molecule has 7 nitrogen and oxygen atoms in total. The number of hydrogen-bond acceptors (Lipinski definition) is 6. The molecule has 0 atom stereocenters. The Morgan fingerprint density at radius 3 is 1.94 bits per heavy atom. The van der Waals surface area contributed by atoms with E-state index in [0.29, 0.717) is 22.3 Å². The molecule has 0 heterocycles. The molecule has 0 aromatic heterocycles. The third-order valence-corrected chi connectivity index (χ3v) is 5.07. The van der Waals surface area contributed by atoms with E-state index in [2.05, 4.69) is 10.5 Å². The van der Waals surface area contributed by atoms with Crippen molar-refractivity contribution in [2.75, 3.05) is 0 Å². The Morgan fingerprint density at radius 2 is 1.31 bits per heavy atom. The van der Waals surface area contributed by atoms with E-state index in [1.807, 2.05) is 13.0 Å². The highest BCUT2D eigenvalue weighted by Crippen LogP contribution is 2.26. The molecule has 0 saturated carbocycles. The highest BCUT2D eigenvalue weighted by Gasteiger charge is 2.15. The number of nitrogens with zero attached hydrogens (tertiary/aromatic N) is 1. The molecule has 7 heteroatoms. The van der Waals surface area contributed by atoms with Crippen LogP contribution >= 0.6 is 0 Å². The largest absolute Gasteiger partial charge is 0.423 e. The van der Waals surface area contributed by atoms with Crippen LogP contribution in [0.2, 0.25) is 0 Å². The number of carbonyl (C=O) groups is 3. The summed E-state index contributed by atoms with van der Waals surface area (Å²) in [5, 5.41) is 4.00. The highest BCUT2D eigenvalue weighted by atomic mass is 16.5. The minimum absolute atomic E-state index is 0.107. The molecule has 0 saturated heterocycles. The van der Waals surface area contributed by atoms with E-state index in [4.69, 9.17) is 9.47 Å². The Morgan fingerprint density at radius 1 is 0.694 bits per heavy atom. The van der Waals surface area contributed by atoms with Gasteiger partial charge >= 0.3 is 11.9 Å². The zero-order valence-corrected chi connectivity index (χ0v) is 19.4. The van der Waals surface area contributed by atoms with E-state index >= 15 is 0 Å². The lowest BCUT2D eigenvalue weighted by Crippen LogP contribution is -2.18. The Labute approximate surface area is 208 Å². The molecule has 178 valence electrons. The minimum Gasteiger partial charge on any atom is -0.423 e. The van der Waals surface area contributed by atoms with E-state index in [-0.39, 0.29) is 17.4 Å². The van der Waals surface area contributed by atoms with E-state index in [1.54, 1.807) is 91.0 Å². The standard InChI is InChI=1S/C29H22N2O5/c1-20-9-8-14-23(17-20)27(32)31-30-19-24-15-16-25(35-28(33)21-10-4-2-5-11-21)18-26(24)36-29(34)22-12-6-3-7-13-22/h2-19H,1H3,(H,31,32)/b30-19+. The van der Waals surface area contributed by atoms with Gasteiger partial charge in [0, 0.05) is 17.2 Å². The quantitative estimate of drug-likeness (QED) is 0.171. The number of rotatable bonds is 7. The molecule has 0 unspecified atom stereocenters. The van der Waals surface area contributed by atoms with Gasteiger partial charge in [-0.05, 0) is 55.5 Å². The summed E-state index contributed by atoms with van der Waals surface area (Å²) >= 11 is 0. The van der Waals surface area contributed by atoms with Crippen LogP contribution < -0.4 is 14.9 Å². The fourth-order valence-corrected chi connectivity index (χ4v) is 3.26. The van der Waals surface area contributed by atoms with Gasteiger partial charge in [-0.3, -0.25) is 4.79 Å². The first-order valence-electron chi connectivity index (χ1n) is 11.1. The van der Waals surface area contributed by atoms with Crippen LogP contribution in [0.15, 0.2) is 108 Å². The van der Waals surface area contributed by atoms with Gasteiger partial charge in [-0.15, -0.1) is 0 Å². The second kappa shape index (κ2) is 11.4. The molecule has 36 heavy (non-hydrogen) atoms. The zero-order valence-electron chi connectivity index (χ0n) is 19.4. The number of benzene rings is 4. The maximum absolute atomic E-state index is 12.7. The summed E-state index contributed by atoms with van der Waals surface area (Å²) < 4.78 is 11.0. The van der Waals surface area contributed by atoms with E-state index in [1.165, 1.54) is 12.3 Å². The lowest BCUT2D eigenvalue weighted by molar-refractivity contribution is 0.0732. The second-order valence-corrected chi connectivity index (χ2v) is 7.78. The Hall–Kier alpha value is -5.04. The first-order valence-corrected chi connectivity index (χ1v) is 11.1. The maximum Gasteiger partial charge on any atom is 0.343 e. The van der Waals surface area contributed by atoms with E-state index in [9.17, 15) is 14.4 Å². The van der Waals surface area contributed by atoms with Crippen molar-refractivity contribution in [2.24, 2.45) is 5.10 Å². The van der Waals surface area contributed by atoms with Crippen molar-refractivity contribution in [2.45, 2.75) is 6.92 Å².